The lowest BCUT2D eigenvalue weighted by molar-refractivity contribution is 0.357. The van der Waals surface area contributed by atoms with Crippen LogP contribution in [0.2, 0.25) is 0 Å². The van der Waals surface area contributed by atoms with Gasteiger partial charge in [-0.25, -0.2) is 0 Å². The van der Waals surface area contributed by atoms with Crippen molar-refractivity contribution in [3.05, 3.63) is 28.8 Å². The molecule has 3 N–H and O–H groups in total. The maximum atomic E-state index is 10.1. The molecule has 102 valence electrons. The maximum Gasteiger partial charge on any atom is 0.120 e. The van der Waals surface area contributed by atoms with Gasteiger partial charge in [-0.3, -0.25) is 0 Å². The number of aromatic hydroxyl groups is 1. The third kappa shape index (κ3) is 3.49. The van der Waals surface area contributed by atoms with Gasteiger partial charge in [0, 0.05) is 11.6 Å². The summed E-state index contributed by atoms with van der Waals surface area (Å²) in [5.74, 6) is 0.816. The van der Waals surface area contributed by atoms with E-state index in [2.05, 4.69) is 20.8 Å². The number of rotatable bonds is 6. The SMILES string of the molecule is CCCC(CCC)[C@@H](N)c1cc(C)c(C)cc1O. The van der Waals surface area contributed by atoms with Crippen molar-refractivity contribution in [1.29, 1.82) is 0 Å². The Labute approximate surface area is 111 Å². The van der Waals surface area contributed by atoms with Gasteiger partial charge in [0.05, 0.1) is 0 Å². The van der Waals surface area contributed by atoms with E-state index in [1.54, 1.807) is 0 Å². The molecule has 0 aliphatic carbocycles. The highest BCUT2D eigenvalue weighted by Gasteiger charge is 2.21. The molecule has 0 heterocycles. The lowest BCUT2D eigenvalue weighted by atomic mass is 9.85. The molecular weight excluding hydrogens is 222 g/mol. The quantitative estimate of drug-likeness (QED) is 0.792. The molecule has 1 aromatic rings. The first-order valence-corrected chi connectivity index (χ1v) is 7.06. The number of phenolic OH excluding ortho intramolecular Hbond substituents is 1. The summed E-state index contributed by atoms with van der Waals surface area (Å²) in [4.78, 5) is 0. The van der Waals surface area contributed by atoms with Gasteiger partial charge in [0.15, 0.2) is 0 Å². The van der Waals surface area contributed by atoms with Crippen molar-refractivity contribution in [2.45, 2.75) is 59.4 Å². The third-order valence-electron chi connectivity index (χ3n) is 3.83. The van der Waals surface area contributed by atoms with Gasteiger partial charge in [-0.15, -0.1) is 0 Å². The topological polar surface area (TPSA) is 46.2 Å². The second-order valence-corrected chi connectivity index (χ2v) is 5.36. The van der Waals surface area contributed by atoms with E-state index in [1.165, 1.54) is 5.56 Å². The van der Waals surface area contributed by atoms with Crippen LogP contribution < -0.4 is 5.73 Å². The van der Waals surface area contributed by atoms with Crippen LogP contribution in [-0.4, -0.2) is 5.11 Å². The Hall–Kier alpha value is -1.02. The van der Waals surface area contributed by atoms with Crippen LogP contribution in [0, 0.1) is 19.8 Å². The molecule has 18 heavy (non-hydrogen) atoms. The Kier molecular flexibility index (Phi) is 5.67. The minimum absolute atomic E-state index is 0.0517. The molecule has 0 fully saturated rings. The zero-order chi connectivity index (χ0) is 13.7. The maximum absolute atomic E-state index is 10.1. The summed E-state index contributed by atoms with van der Waals surface area (Å²) < 4.78 is 0. The first-order chi connectivity index (χ1) is 8.51. The molecule has 2 heteroatoms. The molecule has 1 aromatic carbocycles. The van der Waals surface area contributed by atoms with E-state index in [0.717, 1.165) is 36.8 Å². The summed E-state index contributed by atoms with van der Waals surface area (Å²) in [6, 6.07) is 3.83. The van der Waals surface area contributed by atoms with E-state index in [1.807, 2.05) is 19.1 Å². The van der Waals surface area contributed by atoms with Crippen molar-refractivity contribution in [3.8, 4) is 5.75 Å². The first-order valence-electron chi connectivity index (χ1n) is 7.06. The molecule has 2 nitrogen and oxygen atoms in total. The van der Waals surface area contributed by atoms with E-state index in [-0.39, 0.29) is 6.04 Å². The van der Waals surface area contributed by atoms with Crippen LogP contribution in [0.3, 0.4) is 0 Å². The van der Waals surface area contributed by atoms with Crippen molar-refractivity contribution < 1.29 is 5.11 Å². The monoisotopic (exact) mass is 249 g/mol. The fraction of sp³-hybridized carbons (Fsp3) is 0.625. The summed E-state index contributed by atoms with van der Waals surface area (Å²) >= 11 is 0. The van der Waals surface area contributed by atoms with Gasteiger partial charge >= 0.3 is 0 Å². The van der Waals surface area contributed by atoms with Crippen LogP contribution >= 0.6 is 0 Å². The average molecular weight is 249 g/mol. The Morgan fingerprint density at radius 2 is 1.56 bits per heavy atom. The molecule has 0 aliphatic rings. The molecule has 0 aliphatic heterocycles. The highest BCUT2D eigenvalue weighted by molar-refractivity contribution is 5.42. The molecule has 0 spiro atoms. The average Bonchev–Trinajstić information content (AvgIpc) is 2.33. The predicted molar refractivity (Wildman–Crippen MR) is 77.8 cm³/mol. The fourth-order valence-electron chi connectivity index (χ4n) is 2.59. The fourth-order valence-corrected chi connectivity index (χ4v) is 2.59. The van der Waals surface area contributed by atoms with E-state index in [4.69, 9.17) is 5.73 Å². The van der Waals surface area contributed by atoms with Gasteiger partial charge < -0.3 is 10.8 Å². The molecule has 0 aromatic heterocycles. The van der Waals surface area contributed by atoms with Gasteiger partial charge in [-0.2, -0.15) is 0 Å². The van der Waals surface area contributed by atoms with Gasteiger partial charge in [0.2, 0.25) is 0 Å². The molecule has 1 atom stereocenters. The van der Waals surface area contributed by atoms with Gasteiger partial charge in [-0.1, -0.05) is 32.8 Å². The number of hydrogen-bond acceptors (Lipinski definition) is 2. The van der Waals surface area contributed by atoms with Crippen molar-refractivity contribution in [2.75, 3.05) is 0 Å². The highest BCUT2D eigenvalue weighted by atomic mass is 16.3. The standard InChI is InChI=1S/C16H27NO/c1-5-7-13(8-6-2)16(17)14-9-11(3)12(4)10-15(14)18/h9-10,13,16,18H,5-8,17H2,1-4H3/t16-/m1/s1. The number of aryl methyl sites for hydroxylation is 2. The summed E-state index contributed by atoms with van der Waals surface area (Å²) in [6.07, 6.45) is 4.54. The lowest BCUT2D eigenvalue weighted by Crippen LogP contribution is -2.21. The Balaban J connectivity index is 3.00. The molecule has 0 unspecified atom stereocenters. The zero-order valence-electron chi connectivity index (χ0n) is 12.2. The summed E-state index contributed by atoms with van der Waals surface area (Å²) in [5, 5.41) is 10.1. The third-order valence-corrected chi connectivity index (χ3v) is 3.83. The summed E-state index contributed by atoms with van der Waals surface area (Å²) in [7, 11) is 0. The largest absolute Gasteiger partial charge is 0.508 e. The molecular formula is C16H27NO. The van der Waals surface area contributed by atoms with E-state index in [0.29, 0.717) is 11.7 Å². The molecule has 0 radical (unpaired) electrons. The minimum atomic E-state index is -0.0517. The summed E-state index contributed by atoms with van der Waals surface area (Å²) in [5.41, 5.74) is 9.59. The normalized spacial score (nSPS) is 13.0. The molecule has 1 rings (SSSR count). The van der Waals surface area contributed by atoms with E-state index in [9.17, 15) is 5.11 Å². The molecule has 0 saturated carbocycles. The van der Waals surface area contributed by atoms with Crippen LogP contribution in [0.5, 0.6) is 5.75 Å². The predicted octanol–water partition coefficient (Wildman–Crippen LogP) is 4.23. The second-order valence-electron chi connectivity index (χ2n) is 5.36. The Morgan fingerprint density at radius 3 is 2.06 bits per heavy atom. The Morgan fingerprint density at radius 1 is 1.06 bits per heavy atom. The minimum Gasteiger partial charge on any atom is -0.508 e. The van der Waals surface area contributed by atoms with Gasteiger partial charge in [-0.05, 0) is 49.8 Å². The lowest BCUT2D eigenvalue weighted by Gasteiger charge is -2.25. The number of phenols is 1. The van der Waals surface area contributed by atoms with Crippen LogP contribution in [-0.2, 0) is 0 Å². The highest BCUT2D eigenvalue weighted by Crippen LogP contribution is 2.34. The second kappa shape index (κ2) is 6.79. The van der Waals surface area contributed by atoms with E-state index < -0.39 is 0 Å². The molecule has 0 amide bonds. The Bertz CT molecular complexity index is 381. The number of nitrogens with two attached hydrogens (primary N) is 1. The van der Waals surface area contributed by atoms with E-state index >= 15 is 0 Å². The zero-order valence-corrected chi connectivity index (χ0v) is 12.2. The molecule has 0 bridgehead atoms. The van der Waals surface area contributed by atoms with Crippen molar-refractivity contribution in [3.63, 3.8) is 0 Å². The summed E-state index contributed by atoms with van der Waals surface area (Å²) in [6.45, 7) is 8.46. The van der Waals surface area contributed by atoms with Crippen LogP contribution in [0.4, 0.5) is 0 Å². The van der Waals surface area contributed by atoms with Crippen molar-refractivity contribution in [1.82, 2.24) is 0 Å². The molecule has 0 saturated heterocycles. The number of benzene rings is 1. The van der Waals surface area contributed by atoms with Gasteiger partial charge in [0.1, 0.15) is 5.75 Å². The first kappa shape index (κ1) is 15.0. The number of hydrogen-bond donors (Lipinski definition) is 2. The smallest absolute Gasteiger partial charge is 0.120 e. The van der Waals surface area contributed by atoms with Crippen molar-refractivity contribution in [2.24, 2.45) is 11.7 Å². The van der Waals surface area contributed by atoms with Crippen molar-refractivity contribution >= 4 is 0 Å². The van der Waals surface area contributed by atoms with Crippen LogP contribution in [0.1, 0.15) is 62.3 Å². The van der Waals surface area contributed by atoms with Gasteiger partial charge in [0.25, 0.3) is 0 Å². The van der Waals surface area contributed by atoms with Crippen LogP contribution in [0.15, 0.2) is 12.1 Å². The van der Waals surface area contributed by atoms with Crippen LogP contribution in [0.25, 0.3) is 0 Å².